The average Bonchev–Trinajstić information content (AvgIpc) is 2.71. The van der Waals surface area contributed by atoms with E-state index in [-0.39, 0.29) is 12.1 Å². The van der Waals surface area contributed by atoms with Gasteiger partial charge in [-0.05, 0) is 17.7 Å². The summed E-state index contributed by atoms with van der Waals surface area (Å²) in [6.07, 6.45) is 1.19. The van der Waals surface area contributed by atoms with Crippen molar-refractivity contribution in [3.8, 4) is 5.75 Å². The number of nitrogens with one attached hydrogen (secondary N) is 1. The number of aromatic carboxylic acids is 1. The molecule has 0 aliphatic carbocycles. The van der Waals surface area contributed by atoms with Crippen LogP contribution in [0, 0.1) is 0 Å². The quantitative estimate of drug-likeness (QED) is 0.843. The van der Waals surface area contributed by atoms with Crippen LogP contribution >= 0.6 is 0 Å². The van der Waals surface area contributed by atoms with Gasteiger partial charge < -0.3 is 14.9 Å². The van der Waals surface area contributed by atoms with Crippen molar-refractivity contribution < 1.29 is 14.6 Å². The highest BCUT2D eigenvalue weighted by Gasteiger charge is 2.12. The monoisotopic (exact) mass is 248 g/mol. The maximum absolute atomic E-state index is 11.7. The summed E-state index contributed by atoms with van der Waals surface area (Å²) in [4.78, 5) is 22.4. The Morgan fingerprint density at radius 1 is 1.50 bits per heavy atom. The normalized spacial score (nSPS) is 10.3. The lowest BCUT2D eigenvalue weighted by atomic mass is 10.2. The minimum Gasteiger partial charge on any atom is -0.497 e. The second-order valence-corrected chi connectivity index (χ2v) is 3.74. The van der Waals surface area contributed by atoms with Gasteiger partial charge in [-0.3, -0.25) is 4.79 Å². The number of H-pyrrole nitrogens is 1. The molecule has 1 aromatic carbocycles. The Labute approximate surface area is 102 Å². The Hall–Kier alpha value is -2.50. The molecular formula is C12H12N2O4. The van der Waals surface area contributed by atoms with Crippen LogP contribution in [-0.2, 0) is 6.54 Å². The molecular weight excluding hydrogens is 236 g/mol. The summed E-state index contributed by atoms with van der Waals surface area (Å²) in [6, 6.07) is 7.22. The van der Waals surface area contributed by atoms with Crippen LogP contribution in [0.2, 0.25) is 0 Å². The maximum Gasteiger partial charge on any atom is 0.342 e. The summed E-state index contributed by atoms with van der Waals surface area (Å²) in [5.41, 5.74) is 0.0263. The number of carbonyl (C=O) groups is 1. The van der Waals surface area contributed by atoms with Gasteiger partial charge in [-0.1, -0.05) is 12.1 Å². The first-order valence-electron chi connectivity index (χ1n) is 5.26. The Morgan fingerprint density at radius 3 is 2.89 bits per heavy atom. The molecule has 0 saturated heterocycles. The number of ether oxygens (including phenoxy) is 1. The van der Waals surface area contributed by atoms with Crippen molar-refractivity contribution in [1.29, 1.82) is 0 Å². The highest BCUT2D eigenvalue weighted by Crippen LogP contribution is 2.12. The van der Waals surface area contributed by atoms with E-state index in [1.807, 2.05) is 6.07 Å². The van der Waals surface area contributed by atoms with E-state index in [9.17, 15) is 9.59 Å². The fourth-order valence-corrected chi connectivity index (χ4v) is 1.63. The van der Waals surface area contributed by atoms with Crippen molar-refractivity contribution >= 4 is 5.97 Å². The molecule has 2 aromatic rings. The van der Waals surface area contributed by atoms with Crippen molar-refractivity contribution in [3.63, 3.8) is 0 Å². The third-order valence-electron chi connectivity index (χ3n) is 2.55. The average molecular weight is 248 g/mol. The molecule has 6 nitrogen and oxygen atoms in total. The molecule has 94 valence electrons. The van der Waals surface area contributed by atoms with Gasteiger partial charge in [-0.2, -0.15) is 0 Å². The predicted molar refractivity (Wildman–Crippen MR) is 64.1 cm³/mol. The highest BCUT2D eigenvalue weighted by molar-refractivity contribution is 5.86. The highest BCUT2D eigenvalue weighted by atomic mass is 16.5. The van der Waals surface area contributed by atoms with Crippen LogP contribution in [0.5, 0.6) is 5.75 Å². The van der Waals surface area contributed by atoms with E-state index in [1.54, 1.807) is 25.3 Å². The zero-order valence-corrected chi connectivity index (χ0v) is 9.71. The first kappa shape index (κ1) is 12.0. The van der Waals surface area contributed by atoms with E-state index in [1.165, 1.54) is 10.9 Å². The van der Waals surface area contributed by atoms with Gasteiger partial charge in [0.05, 0.1) is 13.7 Å². The molecule has 1 aromatic heterocycles. The number of rotatable bonds is 4. The molecule has 0 radical (unpaired) electrons. The number of nitrogens with zero attached hydrogens (tertiary/aromatic N) is 1. The number of hydrogen-bond donors (Lipinski definition) is 2. The van der Waals surface area contributed by atoms with Crippen LogP contribution in [0.3, 0.4) is 0 Å². The molecule has 0 aliphatic heterocycles. The van der Waals surface area contributed by atoms with E-state index in [0.717, 1.165) is 5.56 Å². The van der Waals surface area contributed by atoms with Crippen LogP contribution in [0.15, 0.2) is 35.3 Å². The molecule has 2 N–H and O–H groups in total. The first-order valence-corrected chi connectivity index (χ1v) is 5.26. The van der Waals surface area contributed by atoms with E-state index >= 15 is 0 Å². The zero-order valence-electron chi connectivity index (χ0n) is 9.71. The van der Waals surface area contributed by atoms with Crippen LogP contribution in [-0.4, -0.2) is 28.0 Å². The zero-order chi connectivity index (χ0) is 13.1. The van der Waals surface area contributed by atoms with Gasteiger partial charge in [0.15, 0.2) is 0 Å². The lowest BCUT2D eigenvalue weighted by molar-refractivity contribution is 0.0695. The SMILES string of the molecule is COc1cccc(Cn2[nH]cc(C(=O)O)c2=O)c1. The molecule has 18 heavy (non-hydrogen) atoms. The first-order chi connectivity index (χ1) is 8.61. The largest absolute Gasteiger partial charge is 0.497 e. The van der Waals surface area contributed by atoms with Gasteiger partial charge >= 0.3 is 5.97 Å². The number of benzene rings is 1. The van der Waals surface area contributed by atoms with Crippen LogP contribution in [0.25, 0.3) is 0 Å². The van der Waals surface area contributed by atoms with Crippen LogP contribution in [0.4, 0.5) is 0 Å². The van der Waals surface area contributed by atoms with Crippen molar-refractivity contribution in [2.75, 3.05) is 7.11 Å². The number of hydrogen-bond acceptors (Lipinski definition) is 3. The second-order valence-electron chi connectivity index (χ2n) is 3.74. The van der Waals surface area contributed by atoms with E-state index in [2.05, 4.69) is 5.10 Å². The summed E-state index contributed by atoms with van der Waals surface area (Å²) >= 11 is 0. The number of methoxy groups -OCH3 is 1. The molecule has 1 heterocycles. The topological polar surface area (TPSA) is 84.3 Å². The Morgan fingerprint density at radius 2 is 2.28 bits per heavy atom. The molecule has 0 fully saturated rings. The van der Waals surface area contributed by atoms with Gasteiger partial charge in [0.2, 0.25) is 0 Å². The third-order valence-corrected chi connectivity index (χ3v) is 2.55. The molecule has 0 unspecified atom stereocenters. The molecule has 2 rings (SSSR count). The fraction of sp³-hybridized carbons (Fsp3) is 0.167. The predicted octanol–water partition coefficient (Wildman–Crippen LogP) is 0.931. The Bertz CT molecular complexity index is 627. The van der Waals surface area contributed by atoms with Crippen molar-refractivity contribution in [3.05, 3.63) is 51.9 Å². The lowest BCUT2D eigenvalue weighted by Crippen LogP contribution is -2.21. The number of carboxylic acid groups (broad SMARTS) is 1. The molecule has 0 atom stereocenters. The maximum atomic E-state index is 11.7. The standard InChI is InChI=1S/C12H12N2O4/c1-18-9-4-2-3-8(5-9)7-14-11(15)10(6-13-14)12(16)17/h2-6,13H,7H2,1H3,(H,16,17). The smallest absolute Gasteiger partial charge is 0.342 e. The van der Waals surface area contributed by atoms with Crippen molar-refractivity contribution in [2.45, 2.75) is 6.54 Å². The van der Waals surface area contributed by atoms with E-state index in [4.69, 9.17) is 9.84 Å². The Balaban J connectivity index is 2.29. The summed E-state index contributed by atoms with van der Waals surface area (Å²) < 4.78 is 6.31. The second kappa shape index (κ2) is 4.79. The molecule has 0 spiro atoms. The summed E-state index contributed by atoms with van der Waals surface area (Å²) in [5.74, 6) is -0.550. The summed E-state index contributed by atoms with van der Waals surface area (Å²) in [6.45, 7) is 0.267. The van der Waals surface area contributed by atoms with Gasteiger partial charge in [0.25, 0.3) is 5.56 Å². The number of aromatic amines is 1. The van der Waals surface area contributed by atoms with Gasteiger partial charge in [-0.15, -0.1) is 0 Å². The van der Waals surface area contributed by atoms with Crippen LogP contribution < -0.4 is 10.3 Å². The van der Waals surface area contributed by atoms with Crippen LogP contribution in [0.1, 0.15) is 15.9 Å². The molecule has 0 amide bonds. The minimum atomic E-state index is -1.24. The fourth-order valence-electron chi connectivity index (χ4n) is 1.63. The molecule has 0 bridgehead atoms. The molecule has 0 saturated carbocycles. The summed E-state index contributed by atoms with van der Waals surface area (Å²) in [7, 11) is 1.56. The number of aromatic nitrogens is 2. The van der Waals surface area contributed by atoms with E-state index in [0.29, 0.717) is 5.75 Å². The Kier molecular flexibility index (Phi) is 3.18. The third kappa shape index (κ3) is 2.27. The number of carboxylic acids is 1. The van der Waals surface area contributed by atoms with Crippen molar-refractivity contribution in [2.24, 2.45) is 0 Å². The molecule has 0 aliphatic rings. The van der Waals surface area contributed by atoms with Crippen molar-refractivity contribution in [1.82, 2.24) is 9.78 Å². The summed E-state index contributed by atoms with van der Waals surface area (Å²) in [5, 5.41) is 11.4. The van der Waals surface area contributed by atoms with E-state index < -0.39 is 11.5 Å². The van der Waals surface area contributed by atoms with Gasteiger partial charge in [0.1, 0.15) is 11.3 Å². The molecule has 6 heteroatoms. The van der Waals surface area contributed by atoms with Gasteiger partial charge in [0, 0.05) is 6.20 Å². The lowest BCUT2D eigenvalue weighted by Gasteiger charge is -2.04. The van der Waals surface area contributed by atoms with Gasteiger partial charge in [-0.25, -0.2) is 9.48 Å². The minimum absolute atomic E-state index is 0.266.